The van der Waals surface area contributed by atoms with Crippen LogP contribution >= 0.6 is 24.0 Å². The summed E-state index contributed by atoms with van der Waals surface area (Å²) in [4.78, 5) is 18.8. The predicted octanol–water partition coefficient (Wildman–Crippen LogP) is 2.54. The van der Waals surface area contributed by atoms with Gasteiger partial charge in [-0.25, -0.2) is 4.99 Å². The van der Waals surface area contributed by atoms with Gasteiger partial charge in [0.05, 0.1) is 0 Å². The Labute approximate surface area is 162 Å². The normalized spacial score (nSPS) is 14.5. The van der Waals surface area contributed by atoms with E-state index in [1.54, 1.807) is 0 Å². The molecule has 0 unspecified atom stereocenters. The highest BCUT2D eigenvalue weighted by Crippen LogP contribution is 2.18. The zero-order chi connectivity index (χ0) is 16.9. The van der Waals surface area contributed by atoms with Crippen molar-refractivity contribution < 1.29 is 4.79 Å². The lowest BCUT2D eigenvalue weighted by molar-refractivity contribution is -0.130. The van der Waals surface area contributed by atoms with Crippen LogP contribution in [0.25, 0.3) is 0 Å². The van der Waals surface area contributed by atoms with Crippen molar-refractivity contribution in [2.75, 3.05) is 19.6 Å². The summed E-state index contributed by atoms with van der Waals surface area (Å²) in [7, 11) is 0. The van der Waals surface area contributed by atoms with E-state index in [2.05, 4.69) is 54.6 Å². The van der Waals surface area contributed by atoms with Crippen LogP contribution in [0, 0.1) is 0 Å². The van der Waals surface area contributed by atoms with Gasteiger partial charge in [-0.05, 0) is 45.2 Å². The number of nitrogens with zero attached hydrogens (tertiary/aromatic N) is 2. The molecule has 0 saturated heterocycles. The molecule has 1 aromatic carbocycles. The molecule has 2 rings (SSSR count). The molecule has 1 heterocycles. The lowest BCUT2D eigenvalue weighted by Gasteiger charge is -2.29. The van der Waals surface area contributed by atoms with Gasteiger partial charge in [0.1, 0.15) is 6.54 Å². The average molecular weight is 444 g/mol. The monoisotopic (exact) mass is 444 g/mol. The number of halogens is 1. The number of benzene rings is 1. The summed E-state index contributed by atoms with van der Waals surface area (Å²) in [6.07, 6.45) is 0.923. The maximum Gasteiger partial charge on any atom is 0.244 e. The molecular weight excluding hydrogens is 415 g/mol. The first-order chi connectivity index (χ1) is 10.9. The average Bonchev–Trinajstić information content (AvgIpc) is 2.50. The highest BCUT2D eigenvalue weighted by atomic mass is 127. The fraction of sp³-hybridized carbons (Fsp3) is 0.556. The summed E-state index contributed by atoms with van der Waals surface area (Å²) in [5.74, 6) is 0.761. The van der Waals surface area contributed by atoms with Gasteiger partial charge >= 0.3 is 0 Å². The van der Waals surface area contributed by atoms with E-state index in [-0.39, 0.29) is 42.0 Å². The second-order valence-electron chi connectivity index (χ2n) is 6.90. The Bertz CT molecular complexity index is 581. The van der Waals surface area contributed by atoms with E-state index in [9.17, 15) is 4.79 Å². The standard InChI is InChI=1S/C18H28N4O.HI/c1-5-19-17(21-18(2,3)4)20-12-16(23)22-11-10-14-8-6-7-9-15(14)13-22;/h6-9H,5,10-13H2,1-4H3,(H2,19,20,21);1H. The van der Waals surface area contributed by atoms with Crippen molar-refractivity contribution in [3.8, 4) is 0 Å². The van der Waals surface area contributed by atoms with Crippen LogP contribution in [-0.2, 0) is 17.8 Å². The Morgan fingerprint density at radius 3 is 2.54 bits per heavy atom. The summed E-state index contributed by atoms with van der Waals surface area (Å²) in [5.41, 5.74) is 2.51. The first kappa shape index (κ1) is 20.7. The Balaban J connectivity index is 0.00000288. The minimum atomic E-state index is -0.0892. The Kier molecular flexibility index (Phi) is 7.99. The van der Waals surface area contributed by atoms with Crippen molar-refractivity contribution in [1.82, 2.24) is 15.5 Å². The van der Waals surface area contributed by atoms with Crippen molar-refractivity contribution in [3.63, 3.8) is 0 Å². The summed E-state index contributed by atoms with van der Waals surface area (Å²) >= 11 is 0. The first-order valence-corrected chi connectivity index (χ1v) is 8.30. The lowest BCUT2D eigenvalue weighted by Crippen LogP contribution is -2.48. The number of carbonyl (C=O) groups is 1. The smallest absolute Gasteiger partial charge is 0.244 e. The van der Waals surface area contributed by atoms with Crippen LogP contribution in [0.5, 0.6) is 0 Å². The minimum absolute atomic E-state index is 0. The number of hydrogen-bond donors (Lipinski definition) is 2. The predicted molar refractivity (Wildman–Crippen MR) is 110 cm³/mol. The zero-order valence-electron chi connectivity index (χ0n) is 15.1. The lowest BCUT2D eigenvalue weighted by atomic mass is 10.00. The van der Waals surface area contributed by atoms with Crippen molar-refractivity contribution >= 4 is 35.8 Å². The number of hydrogen-bond acceptors (Lipinski definition) is 2. The highest BCUT2D eigenvalue weighted by molar-refractivity contribution is 14.0. The molecule has 24 heavy (non-hydrogen) atoms. The van der Waals surface area contributed by atoms with E-state index >= 15 is 0 Å². The Hall–Kier alpha value is -1.31. The summed E-state index contributed by atoms with van der Waals surface area (Å²) < 4.78 is 0. The molecule has 1 amide bonds. The van der Waals surface area contributed by atoms with Crippen LogP contribution in [0.1, 0.15) is 38.8 Å². The molecule has 1 aromatic rings. The van der Waals surface area contributed by atoms with Gasteiger partial charge < -0.3 is 15.5 Å². The summed E-state index contributed by atoms with van der Waals surface area (Å²) in [6.45, 7) is 10.6. The fourth-order valence-electron chi connectivity index (χ4n) is 2.62. The van der Waals surface area contributed by atoms with E-state index in [4.69, 9.17) is 0 Å². The third kappa shape index (κ3) is 6.30. The van der Waals surface area contributed by atoms with Gasteiger partial charge in [-0.2, -0.15) is 0 Å². The van der Waals surface area contributed by atoms with E-state index in [1.165, 1.54) is 11.1 Å². The van der Waals surface area contributed by atoms with Crippen LogP contribution in [0.4, 0.5) is 0 Å². The third-order valence-corrected chi connectivity index (χ3v) is 3.69. The SMILES string of the molecule is CCNC(=NCC(=O)N1CCc2ccccc2C1)NC(C)(C)C.I. The number of carbonyl (C=O) groups excluding carboxylic acids is 1. The highest BCUT2D eigenvalue weighted by Gasteiger charge is 2.20. The van der Waals surface area contributed by atoms with E-state index in [0.29, 0.717) is 12.5 Å². The Morgan fingerprint density at radius 2 is 1.92 bits per heavy atom. The molecule has 0 radical (unpaired) electrons. The molecule has 2 N–H and O–H groups in total. The third-order valence-electron chi connectivity index (χ3n) is 3.69. The fourth-order valence-corrected chi connectivity index (χ4v) is 2.62. The van der Waals surface area contributed by atoms with Crippen LogP contribution in [0.2, 0.25) is 0 Å². The van der Waals surface area contributed by atoms with Gasteiger partial charge in [-0.1, -0.05) is 24.3 Å². The van der Waals surface area contributed by atoms with Crippen LogP contribution in [0.15, 0.2) is 29.3 Å². The van der Waals surface area contributed by atoms with Crippen molar-refractivity contribution in [2.45, 2.75) is 46.2 Å². The minimum Gasteiger partial charge on any atom is -0.357 e. The topological polar surface area (TPSA) is 56.7 Å². The Morgan fingerprint density at radius 1 is 1.25 bits per heavy atom. The summed E-state index contributed by atoms with van der Waals surface area (Å²) in [5, 5.41) is 6.48. The number of aliphatic imine (C=N–C) groups is 1. The molecule has 134 valence electrons. The molecule has 0 bridgehead atoms. The van der Waals surface area contributed by atoms with E-state index in [0.717, 1.165) is 19.5 Å². The van der Waals surface area contributed by atoms with Gasteiger partial charge in [-0.15, -0.1) is 24.0 Å². The molecule has 1 aliphatic heterocycles. The van der Waals surface area contributed by atoms with E-state index in [1.807, 2.05) is 17.9 Å². The molecule has 0 atom stereocenters. The van der Waals surface area contributed by atoms with Gasteiger partial charge in [0, 0.05) is 25.2 Å². The van der Waals surface area contributed by atoms with Gasteiger partial charge in [0.15, 0.2) is 5.96 Å². The molecular formula is C18H29IN4O. The largest absolute Gasteiger partial charge is 0.357 e. The number of rotatable bonds is 3. The van der Waals surface area contributed by atoms with E-state index < -0.39 is 0 Å². The number of guanidine groups is 1. The van der Waals surface area contributed by atoms with Crippen LogP contribution in [-0.4, -0.2) is 41.9 Å². The molecule has 0 spiro atoms. The quantitative estimate of drug-likeness (QED) is 0.428. The molecule has 0 aliphatic carbocycles. The van der Waals surface area contributed by atoms with Crippen LogP contribution in [0.3, 0.4) is 0 Å². The second-order valence-corrected chi connectivity index (χ2v) is 6.90. The molecule has 6 heteroatoms. The number of nitrogens with one attached hydrogen (secondary N) is 2. The number of amides is 1. The first-order valence-electron chi connectivity index (χ1n) is 8.30. The molecule has 0 saturated carbocycles. The molecule has 1 aliphatic rings. The zero-order valence-corrected chi connectivity index (χ0v) is 17.4. The molecule has 5 nitrogen and oxygen atoms in total. The van der Waals surface area contributed by atoms with Gasteiger partial charge in [0.2, 0.25) is 5.91 Å². The van der Waals surface area contributed by atoms with Crippen molar-refractivity contribution in [3.05, 3.63) is 35.4 Å². The maximum atomic E-state index is 12.4. The van der Waals surface area contributed by atoms with Gasteiger partial charge in [0.25, 0.3) is 0 Å². The van der Waals surface area contributed by atoms with Crippen molar-refractivity contribution in [1.29, 1.82) is 0 Å². The van der Waals surface area contributed by atoms with Crippen LogP contribution < -0.4 is 10.6 Å². The number of fused-ring (bicyclic) bond motifs is 1. The maximum absolute atomic E-state index is 12.4. The molecule has 0 aromatic heterocycles. The summed E-state index contributed by atoms with van der Waals surface area (Å²) in [6, 6.07) is 8.33. The second kappa shape index (κ2) is 9.25. The van der Waals surface area contributed by atoms with Gasteiger partial charge in [-0.3, -0.25) is 4.79 Å². The molecule has 0 fully saturated rings. The van der Waals surface area contributed by atoms with Crippen molar-refractivity contribution in [2.24, 2.45) is 4.99 Å².